The number of aliphatic hydroxyl groups is 4. The van der Waals surface area contributed by atoms with Gasteiger partial charge in [0.15, 0.2) is 0 Å². The van der Waals surface area contributed by atoms with Crippen LogP contribution in [-0.4, -0.2) is 57.3 Å². The Bertz CT molecular complexity index is 687. The Morgan fingerprint density at radius 2 is 0.833 bits per heavy atom. The molecule has 286 valence electrons. The van der Waals surface area contributed by atoms with Crippen molar-refractivity contribution in [3.63, 3.8) is 0 Å². The van der Waals surface area contributed by atoms with Crippen LogP contribution in [0, 0.1) is 0 Å². The van der Waals surface area contributed by atoms with Gasteiger partial charge in [0, 0.05) is 0 Å². The molecule has 0 aliphatic carbocycles. The molecule has 4 atom stereocenters. The van der Waals surface area contributed by atoms with Gasteiger partial charge in [-0.3, -0.25) is 4.79 Å². The molecule has 6 nitrogen and oxygen atoms in total. The van der Waals surface area contributed by atoms with Crippen molar-refractivity contribution in [1.29, 1.82) is 0 Å². The highest BCUT2D eigenvalue weighted by Gasteiger charge is 2.28. The summed E-state index contributed by atoms with van der Waals surface area (Å²) in [5, 5.41) is 43.6. The molecule has 0 radical (unpaired) electrons. The standard InChI is InChI=1S/C42H83NO5/c1-3-5-7-9-11-13-15-17-18-19-20-21-22-23-24-26-28-30-32-34-36-40(46)42(48)43-38(37-44)41(47)39(45)35-33-31-29-27-25-16-14-12-10-8-6-4-2/h22-23,38-41,44-47H,3-21,24-37H2,1-2H3,(H,43,48). The minimum absolute atomic E-state index is 0.361. The molecule has 0 saturated carbocycles. The number of unbranched alkanes of at least 4 members (excludes halogenated alkanes) is 27. The zero-order valence-corrected chi connectivity index (χ0v) is 32.0. The molecule has 6 heteroatoms. The first-order valence-corrected chi connectivity index (χ1v) is 21.1. The zero-order valence-electron chi connectivity index (χ0n) is 32.0. The molecule has 5 N–H and O–H groups in total. The maximum Gasteiger partial charge on any atom is 0.249 e. The van der Waals surface area contributed by atoms with Crippen molar-refractivity contribution in [2.45, 2.75) is 244 Å². The highest BCUT2D eigenvalue weighted by molar-refractivity contribution is 5.80. The van der Waals surface area contributed by atoms with E-state index in [1.54, 1.807) is 0 Å². The van der Waals surface area contributed by atoms with Crippen LogP contribution >= 0.6 is 0 Å². The third kappa shape index (κ3) is 31.1. The average Bonchev–Trinajstić information content (AvgIpc) is 3.09. The number of hydrogen-bond acceptors (Lipinski definition) is 5. The summed E-state index contributed by atoms with van der Waals surface area (Å²) in [6.07, 6.45) is 39.5. The van der Waals surface area contributed by atoms with Crippen LogP contribution in [0.3, 0.4) is 0 Å². The second-order valence-corrected chi connectivity index (χ2v) is 14.7. The number of allylic oxidation sites excluding steroid dienone is 2. The second-order valence-electron chi connectivity index (χ2n) is 14.7. The van der Waals surface area contributed by atoms with Crippen LogP contribution in [0.25, 0.3) is 0 Å². The molecule has 0 heterocycles. The molecule has 0 spiro atoms. The summed E-state index contributed by atoms with van der Waals surface area (Å²) in [6.45, 7) is 4.04. The largest absolute Gasteiger partial charge is 0.394 e. The fourth-order valence-electron chi connectivity index (χ4n) is 6.57. The SMILES string of the molecule is CCCCCCCCCCCCCC=CCCCCCCCC(O)C(=O)NC(CO)C(O)C(O)CCCCCCCCCCCCCC. The summed E-state index contributed by atoms with van der Waals surface area (Å²) in [5.74, 6) is -0.589. The molecule has 0 aromatic carbocycles. The van der Waals surface area contributed by atoms with Gasteiger partial charge in [-0.2, -0.15) is 0 Å². The van der Waals surface area contributed by atoms with Crippen LogP contribution < -0.4 is 5.32 Å². The van der Waals surface area contributed by atoms with Crippen LogP contribution in [0.15, 0.2) is 12.2 Å². The van der Waals surface area contributed by atoms with Gasteiger partial charge in [-0.15, -0.1) is 0 Å². The van der Waals surface area contributed by atoms with Crippen LogP contribution in [0.5, 0.6) is 0 Å². The van der Waals surface area contributed by atoms with Gasteiger partial charge < -0.3 is 25.7 Å². The summed E-state index contributed by atoms with van der Waals surface area (Å²) in [5.41, 5.74) is 0. The third-order valence-corrected chi connectivity index (χ3v) is 9.98. The number of amides is 1. The van der Waals surface area contributed by atoms with E-state index in [-0.39, 0.29) is 0 Å². The maximum atomic E-state index is 12.5. The summed E-state index contributed by atoms with van der Waals surface area (Å²) in [6, 6.07) is -0.984. The molecule has 4 unspecified atom stereocenters. The molecule has 0 bridgehead atoms. The normalized spacial score (nSPS) is 14.4. The van der Waals surface area contributed by atoms with E-state index in [1.807, 2.05) is 0 Å². The lowest BCUT2D eigenvalue weighted by Gasteiger charge is -2.27. The lowest BCUT2D eigenvalue weighted by atomic mass is 9.99. The van der Waals surface area contributed by atoms with E-state index < -0.39 is 36.9 Å². The number of aliphatic hydroxyl groups excluding tert-OH is 4. The summed E-state index contributed by atoms with van der Waals surface area (Å²) < 4.78 is 0. The van der Waals surface area contributed by atoms with E-state index in [4.69, 9.17) is 0 Å². The van der Waals surface area contributed by atoms with E-state index in [0.29, 0.717) is 12.8 Å². The van der Waals surface area contributed by atoms with Crippen molar-refractivity contribution in [2.75, 3.05) is 6.61 Å². The van der Waals surface area contributed by atoms with Gasteiger partial charge in [0.2, 0.25) is 5.91 Å². The molecule has 0 aromatic rings. The van der Waals surface area contributed by atoms with E-state index in [1.165, 1.54) is 141 Å². The Morgan fingerprint density at radius 1 is 0.500 bits per heavy atom. The lowest BCUT2D eigenvalue weighted by Crippen LogP contribution is -2.53. The van der Waals surface area contributed by atoms with Crippen molar-refractivity contribution in [1.82, 2.24) is 5.32 Å². The Kier molecular flexibility index (Phi) is 36.6. The Labute approximate surface area is 298 Å². The fraction of sp³-hybridized carbons (Fsp3) is 0.929. The Hall–Kier alpha value is -0.950. The topological polar surface area (TPSA) is 110 Å². The molecule has 0 aliphatic rings. The summed E-state index contributed by atoms with van der Waals surface area (Å²) in [4.78, 5) is 12.5. The number of rotatable bonds is 38. The van der Waals surface area contributed by atoms with Gasteiger partial charge in [-0.25, -0.2) is 0 Å². The van der Waals surface area contributed by atoms with Gasteiger partial charge in [0.05, 0.1) is 18.8 Å². The number of hydrogen-bond donors (Lipinski definition) is 5. The van der Waals surface area contributed by atoms with Crippen molar-refractivity contribution in [3.8, 4) is 0 Å². The van der Waals surface area contributed by atoms with Crippen LogP contribution in [-0.2, 0) is 4.79 Å². The van der Waals surface area contributed by atoms with E-state index >= 15 is 0 Å². The van der Waals surface area contributed by atoms with Crippen LogP contribution in [0.2, 0.25) is 0 Å². The summed E-state index contributed by atoms with van der Waals surface area (Å²) >= 11 is 0. The predicted molar refractivity (Wildman–Crippen MR) is 205 cm³/mol. The first-order chi connectivity index (χ1) is 23.5. The van der Waals surface area contributed by atoms with Crippen LogP contribution in [0.1, 0.15) is 219 Å². The molecule has 0 aromatic heterocycles. The zero-order chi connectivity index (χ0) is 35.3. The maximum absolute atomic E-state index is 12.5. The first kappa shape index (κ1) is 47.0. The summed E-state index contributed by atoms with van der Waals surface area (Å²) in [7, 11) is 0. The molecular formula is C42H83NO5. The lowest BCUT2D eigenvalue weighted by molar-refractivity contribution is -0.132. The highest BCUT2D eigenvalue weighted by atomic mass is 16.3. The molecule has 0 aliphatic heterocycles. The minimum atomic E-state index is -1.26. The predicted octanol–water partition coefficient (Wildman–Crippen LogP) is 10.6. The second kappa shape index (κ2) is 37.3. The third-order valence-electron chi connectivity index (χ3n) is 9.98. The molecule has 0 saturated heterocycles. The molecular weight excluding hydrogens is 598 g/mol. The van der Waals surface area contributed by atoms with Crippen LogP contribution in [0.4, 0.5) is 0 Å². The van der Waals surface area contributed by atoms with Gasteiger partial charge in [0.1, 0.15) is 12.2 Å². The van der Waals surface area contributed by atoms with Gasteiger partial charge >= 0.3 is 0 Å². The van der Waals surface area contributed by atoms with Crippen molar-refractivity contribution < 1.29 is 25.2 Å². The molecule has 0 fully saturated rings. The number of carbonyl (C=O) groups excluding carboxylic acids is 1. The van der Waals surface area contributed by atoms with Gasteiger partial charge in [-0.05, 0) is 38.5 Å². The quantitative estimate of drug-likeness (QED) is 0.0329. The Morgan fingerprint density at radius 3 is 1.21 bits per heavy atom. The van der Waals surface area contributed by atoms with E-state index in [0.717, 1.165) is 51.4 Å². The smallest absolute Gasteiger partial charge is 0.249 e. The van der Waals surface area contributed by atoms with Gasteiger partial charge in [-0.1, -0.05) is 193 Å². The molecule has 1 amide bonds. The Balaban J connectivity index is 3.74. The molecule has 0 rings (SSSR count). The van der Waals surface area contributed by atoms with Crippen molar-refractivity contribution in [3.05, 3.63) is 12.2 Å². The average molecular weight is 682 g/mol. The minimum Gasteiger partial charge on any atom is -0.394 e. The number of carbonyl (C=O) groups is 1. The molecule has 48 heavy (non-hydrogen) atoms. The first-order valence-electron chi connectivity index (χ1n) is 21.1. The van der Waals surface area contributed by atoms with Crippen molar-refractivity contribution >= 4 is 5.91 Å². The van der Waals surface area contributed by atoms with E-state index in [2.05, 4.69) is 31.3 Å². The monoisotopic (exact) mass is 682 g/mol. The van der Waals surface area contributed by atoms with Crippen molar-refractivity contribution in [2.24, 2.45) is 0 Å². The highest BCUT2D eigenvalue weighted by Crippen LogP contribution is 2.16. The van der Waals surface area contributed by atoms with E-state index in [9.17, 15) is 25.2 Å². The fourth-order valence-corrected chi connectivity index (χ4v) is 6.57. The van der Waals surface area contributed by atoms with Gasteiger partial charge in [0.25, 0.3) is 0 Å². The number of nitrogens with one attached hydrogen (secondary N) is 1.